The predicted molar refractivity (Wildman–Crippen MR) is 214 cm³/mol. The molecule has 1 saturated carbocycles. The Hall–Kier alpha value is -6.58. The van der Waals surface area contributed by atoms with Gasteiger partial charge in [0.15, 0.2) is 5.82 Å². The lowest BCUT2D eigenvalue weighted by Gasteiger charge is -2.49. The summed E-state index contributed by atoms with van der Waals surface area (Å²) in [5.74, 6) is -4.58. The summed E-state index contributed by atoms with van der Waals surface area (Å²) < 4.78 is 50.2. The van der Waals surface area contributed by atoms with Gasteiger partial charge in [0.1, 0.15) is 18.1 Å². The van der Waals surface area contributed by atoms with E-state index in [1.807, 2.05) is 30.3 Å². The third-order valence-electron chi connectivity index (χ3n) is 11.4. The standard InChI is InChI=1S/C43H31Cl2F3N6O6/c44-27-13-11-25(12-14-27)42-32(38(56)53(39(42)57)50-37-33(45)19-26(22-49-37)43(46,47)48)21-34-30(17-18-51-40(58)52(41(59)54(34)51)28-9-5-2-6-10-28)36(42)31-16-15-29(20-35(31)55)60-23-24-7-3-1-4-8-24/h1-17,19-20,22,32,34,36,55H,18,21,23H2,(H,49,50)/t32-,34+,36+,42+/m0/s1. The van der Waals surface area contributed by atoms with Gasteiger partial charge in [0, 0.05) is 28.8 Å². The molecule has 0 bridgehead atoms. The summed E-state index contributed by atoms with van der Waals surface area (Å²) in [7, 11) is 0. The number of rotatable bonds is 8. The van der Waals surface area contributed by atoms with Crippen LogP contribution < -0.4 is 21.5 Å². The van der Waals surface area contributed by atoms with Crippen LogP contribution in [0, 0.1) is 5.92 Å². The van der Waals surface area contributed by atoms with Gasteiger partial charge >= 0.3 is 17.6 Å². The van der Waals surface area contributed by atoms with Gasteiger partial charge in [-0.2, -0.15) is 18.2 Å². The topological polar surface area (TPSA) is 141 Å². The van der Waals surface area contributed by atoms with E-state index in [1.165, 1.54) is 15.4 Å². The first-order chi connectivity index (χ1) is 28.8. The van der Waals surface area contributed by atoms with Crippen LogP contribution >= 0.6 is 23.2 Å². The van der Waals surface area contributed by atoms with Gasteiger partial charge in [0.2, 0.25) is 0 Å². The van der Waals surface area contributed by atoms with E-state index in [9.17, 15) is 32.7 Å². The van der Waals surface area contributed by atoms with E-state index in [-0.39, 0.29) is 30.9 Å². The molecule has 0 spiro atoms. The summed E-state index contributed by atoms with van der Waals surface area (Å²) in [6.07, 6.45) is -2.73. The second-order valence-electron chi connectivity index (χ2n) is 14.6. The Morgan fingerprint density at radius 3 is 2.25 bits per heavy atom. The van der Waals surface area contributed by atoms with Crippen molar-refractivity contribution < 1.29 is 32.6 Å². The summed E-state index contributed by atoms with van der Waals surface area (Å²) in [4.78, 5) is 62.6. The molecule has 0 radical (unpaired) electrons. The van der Waals surface area contributed by atoms with Crippen LogP contribution in [-0.4, -0.2) is 40.8 Å². The number of hydrogen-bond acceptors (Lipinski definition) is 8. The smallest absolute Gasteiger partial charge is 0.417 e. The first-order valence-corrected chi connectivity index (χ1v) is 19.4. The minimum absolute atomic E-state index is 0.105. The fourth-order valence-electron chi connectivity index (χ4n) is 8.79. The van der Waals surface area contributed by atoms with Crippen molar-refractivity contribution in [3.05, 3.63) is 180 Å². The van der Waals surface area contributed by atoms with E-state index in [0.717, 1.165) is 10.1 Å². The summed E-state index contributed by atoms with van der Waals surface area (Å²) >= 11 is 12.6. The van der Waals surface area contributed by atoms with Gasteiger partial charge in [0.25, 0.3) is 11.8 Å². The van der Waals surface area contributed by atoms with E-state index >= 15 is 4.79 Å². The number of allylic oxidation sites excluding steroid dienone is 2. The zero-order valence-electron chi connectivity index (χ0n) is 31.0. The molecular weight excluding hydrogens is 824 g/mol. The molecule has 17 heteroatoms. The first-order valence-electron chi connectivity index (χ1n) is 18.6. The maximum Gasteiger partial charge on any atom is 0.417 e. The number of imide groups is 1. The van der Waals surface area contributed by atoms with Crippen molar-refractivity contribution in [1.29, 1.82) is 0 Å². The predicted octanol–water partition coefficient (Wildman–Crippen LogP) is 7.42. The average molecular weight is 856 g/mol. The van der Waals surface area contributed by atoms with Crippen molar-refractivity contribution in [2.45, 2.75) is 43.1 Å². The van der Waals surface area contributed by atoms with E-state index in [2.05, 4.69) is 10.4 Å². The molecule has 9 rings (SSSR count). The number of fused-ring (bicyclic) bond motifs is 4. The number of halogens is 5. The van der Waals surface area contributed by atoms with Gasteiger partial charge in [-0.1, -0.05) is 96.0 Å². The number of ether oxygens (including phenoxy) is 1. The molecule has 3 aliphatic rings. The molecular formula is C43H31Cl2F3N6O6. The lowest BCUT2D eigenvalue weighted by Crippen LogP contribution is -2.53. The number of para-hydroxylation sites is 1. The SMILES string of the molecule is O=C1[C@@H]2C[C@@H]3C(=CCn4c(=O)n(-c5ccccc5)c(=O)n43)[C@H](c3ccc(OCc4ccccc4)cc3O)[C@]2(c2ccc(Cl)cc2)C(=O)N1Nc1ncc(C(F)(F)F)cc1Cl. The number of alkyl halides is 3. The van der Waals surface area contributed by atoms with E-state index in [0.29, 0.717) is 44.9 Å². The van der Waals surface area contributed by atoms with Crippen LogP contribution in [0.15, 0.2) is 137 Å². The quantitative estimate of drug-likeness (QED) is 0.119. The van der Waals surface area contributed by atoms with E-state index in [1.54, 1.807) is 72.8 Å². The molecule has 304 valence electrons. The summed E-state index contributed by atoms with van der Waals surface area (Å²) in [6.45, 7) is 0.0753. The molecule has 1 saturated heterocycles. The second kappa shape index (κ2) is 14.6. The van der Waals surface area contributed by atoms with Crippen molar-refractivity contribution >= 4 is 40.8 Å². The third kappa shape index (κ3) is 6.18. The van der Waals surface area contributed by atoms with Gasteiger partial charge in [-0.05, 0) is 59.5 Å². The highest BCUT2D eigenvalue weighted by Crippen LogP contribution is 2.63. The molecule has 0 unspecified atom stereocenters. The highest BCUT2D eigenvalue weighted by molar-refractivity contribution is 6.33. The van der Waals surface area contributed by atoms with Gasteiger partial charge in [0.05, 0.1) is 40.2 Å². The van der Waals surface area contributed by atoms with E-state index in [4.69, 9.17) is 27.9 Å². The molecule has 4 aromatic carbocycles. The van der Waals surface area contributed by atoms with Crippen molar-refractivity contribution in [2.24, 2.45) is 5.92 Å². The molecule has 60 heavy (non-hydrogen) atoms. The number of pyridine rings is 1. The molecule has 2 aliphatic heterocycles. The number of hydrazine groups is 1. The normalized spacial score (nSPS) is 20.9. The summed E-state index contributed by atoms with van der Waals surface area (Å²) in [5.41, 5.74) is 0.393. The summed E-state index contributed by atoms with van der Waals surface area (Å²) in [5, 5.41) is 12.5. The fraction of sp³-hybridized carbons (Fsp3) is 0.186. The Morgan fingerprint density at radius 1 is 0.883 bits per heavy atom. The van der Waals surface area contributed by atoms with E-state index < -0.39 is 69.1 Å². The number of anilines is 1. The second-order valence-corrected chi connectivity index (χ2v) is 15.5. The van der Waals surface area contributed by atoms with Gasteiger partial charge < -0.3 is 9.84 Å². The van der Waals surface area contributed by atoms with Crippen molar-refractivity contribution in [2.75, 3.05) is 5.43 Å². The van der Waals surface area contributed by atoms with Crippen LogP contribution in [0.25, 0.3) is 5.69 Å². The van der Waals surface area contributed by atoms with Crippen LogP contribution in [0.5, 0.6) is 11.5 Å². The van der Waals surface area contributed by atoms with Crippen molar-refractivity contribution in [3.63, 3.8) is 0 Å². The van der Waals surface area contributed by atoms with Crippen LogP contribution in [0.1, 0.15) is 40.6 Å². The first kappa shape index (κ1) is 38.9. The molecule has 2 N–H and O–H groups in total. The van der Waals surface area contributed by atoms with Gasteiger partial charge in [-0.15, -0.1) is 0 Å². The number of amides is 2. The van der Waals surface area contributed by atoms with Crippen LogP contribution in [0.3, 0.4) is 0 Å². The lowest BCUT2D eigenvalue weighted by molar-refractivity contribution is -0.139. The highest BCUT2D eigenvalue weighted by Gasteiger charge is 2.69. The lowest BCUT2D eigenvalue weighted by atomic mass is 9.53. The monoisotopic (exact) mass is 854 g/mol. The molecule has 2 aromatic heterocycles. The zero-order valence-corrected chi connectivity index (χ0v) is 32.5. The molecule has 2 fully saturated rings. The number of aromatic nitrogens is 4. The number of benzene rings is 4. The Kier molecular flexibility index (Phi) is 9.47. The Bertz CT molecular complexity index is 2850. The Labute approximate surface area is 348 Å². The molecule has 6 aromatic rings. The number of carbonyl (C=O) groups is 2. The van der Waals surface area contributed by atoms with Crippen LogP contribution in [0.2, 0.25) is 10.0 Å². The Morgan fingerprint density at radius 2 is 1.58 bits per heavy atom. The van der Waals surface area contributed by atoms with Gasteiger partial charge in [-0.3, -0.25) is 15.0 Å². The largest absolute Gasteiger partial charge is 0.508 e. The van der Waals surface area contributed by atoms with Crippen molar-refractivity contribution in [3.8, 4) is 17.2 Å². The molecule has 2 amide bonds. The number of phenols is 1. The van der Waals surface area contributed by atoms with Crippen LogP contribution in [-0.2, 0) is 34.3 Å². The fourth-order valence-corrected chi connectivity index (χ4v) is 9.12. The average Bonchev–Trinajstić information content (AvgIpc) is 3.62. The number of aromatic hydroxyl groups is 1. The molecule has 4 atom stereocenters. The molecule has 12 nitrogen and oxygen atoms in total. The molecule has 1 aliphatic carbocycles. The number of nitrogens with one attached hydrogen (secondary N) is 1. The van der Waals surface area contributed by atoms with Crippen molar-refractivity contribution in [1.82, 2.24) is 23.9 Å². The minimum atomic E-state index is -4.78. The molecule has 4 heterocycles. The minimum Gasteiger partial charge on any atom is -0.508 e. The van der Waals surface area contributed by atoms with Gasteiger partial charge in [-0.25, -0.2) is 28.5 Å². The highest BCUT2D eigenvalue weighted by atomic mass is 35.5. The number of phenolic OH excluding ortho intramolecular Hbond substituents is 1. The Balaban J connectivity index is 1.23. The summed E-state index contributed by atoms with van der Waals surface area (Å²) in [6, 6.07) is 28.2. The third-order valence-corrected chi connectivity index (χ3v) is 11.9. The van der Waals surface area contributed by atoms with Crippen LogP contribution in [0.4, 0.5) is 19.0 Å². The zero-order chi connectivity index (χ0) is 42.1. The number of carbonyl (C=O) groups excluding carboxylic acids is 2. The number of hydrogen-bond donors (Lipinski definition) is 2. The maximum absolute atomic E-state index is 15.4. The maximum atomic E-state index is 15.4. The number of nitrogens with zero attached hydrogens (tertiary/aromatic N) is 5.